The second-order valence-corrected chi connectivity index (χ2v) is 7.12. The van der Waals surface area contributed by atoms with Crippen LogP contribution in [-0.4, -0.2) is 37.0 Å². The quantitative estimate of drug-likeness (QED) is 0.783. The van der Waals surface area contributed by atoms with Crippen molar-refractivity contribution in [1.29, 1.82) is 0 Å². The van der Waals surface area contributed by atoms with Crippen LogP contribution in [0.3, 0.4) is 0 Å². The van der Waals surface area contributed by atoms with E-state index in [2.05, 4.69) is 0 Å². The number of hydrogen-bond donors (Lipinski definition) is 2. The van der Waals surface area contributed by atoms with Crippen molar-refractivity contribution in [3.05, 3.63) is 23.3 Å². The van der Waals surface area contributed by atoms with Crippen LogP contribution >= 0.6 is 0 Å². The number of nitrogen functional groups attached to an aromatic ring is 1. The van der Waals surface area contributed by atoms with E-state index in [4.69, 9.17) is 10.8 Å². The van der Waals surface area contributed by atoms with Crippen LogP contribution in [0.25, 0.3) is 0 Å². The van der Waals surface area contributed by atoms with Crippen molar-refractivity contribution in [1.82, 2.24) is 4.31 Å². The van der Waals surface area contributed by atoms with Crippen molar-refractivity contribution in [2.24, 2.45) is 0 Å². The van der Waals surface area contributed by atoms with E-state index in [1.165, 1.54) is 4.31 Å². The van der Waals surface area contributed by atoms with Crippen LogP contribution in [0.4, 0.5) is 5.69 Å². The zero-order chi connectivity index (χ0) is 15.5. The molecular formula is C14H24N2O3S. The smallest absolute Gasteiger partial charge is 0.245 e. The van der Waals surface area contributed by atoms with Gasteiger partial charge in [-0.2, -0.15) is 4.31 Å². The number of aliphatic hydroxyl groups excluding tert-OH is 1. The fourth-order valence-corrected chi connectivity index (χ4v) is 3.90. The van der Waals surface area contributed by atoms with Crippen molar-refractivity contribution < 1.29 is 13.5 Å². The maximum atomic E-state index is 12.7. The zero-order valence-corrected chi connectivity index (χ0v) is 13.4. The van der Waals surface area contributed by atoms with Crippen LogP contribution in [0.1, 0.15) is 31.4 Å². The first-order valence-corrected chi connectivity index (χ1v) is 8.15. The largest absolute Gasteiger partial charge is 0.398 e. The van der Waals surface area contributed by atoms with E-state index in [-0.39, 0.29) is 29.8 Å². The molecule has 114 valence electrons. The van der Waals surface area contributed by atoms with Crippen molar-refractivity contribution in [2.45, 2.75) is 45.1 Å². The first-order chi connectivity index (χ1) is 9.21. The number of benzene rings is 1. The van der Waals surface area contributed by atoms with Crippen LogP contribution in [0.5, 0.6) is 0 Å². The van der Waals surface area contributed by atoms with E-state index in [9.17, 15) is 8.42 Å². The number of aryl methyl sites for hydroxylation is 2. The van der Waals surface area contributed by atoms with Crippen LogP contribution in [0.15, 0.2) is 17.0 Å². The molecule has 20 heavy (non-hydrogen) atoms. The lowest BCUT2D eigenvalue weighted by atomic mass is 10.1. The molecule has 0 heterocycles. The highest BCUT2D eigenvalue weighted by molar-refractivity contribution is 7.89. The SMILES string of the molecule is Cc1cc(N)c(S(=O)(=O)N(CCCO)C(C)C)cc1C. The van der Waals surface area contributed by atoms with Crippen LogP contribution < -0.4 is 5.73 Å². The molecule has 0 aliphatic rings. The van der Waals surface area contributed by atoms with Gasteiger partial charge in [-0.15, -0.1) is 0 Å². The third kappa shape index (κ3) is 3.50. The molecular weight excluding hydrogens is 276 g/mol. The summed E-state index contributed by atoms with van der Waals surface area (Å²) in [6.45, 7) is 7.62. The monoisotopic (exact) mass is 300 g/mol. The summed E-state index contributed by atoms with van der Waals surface area (Å²) in [5.41, 5.74) is 8.01. The second-order valence-electron chi connectivity index (χ2n) is 5.26. The first kappa shape index (κ1) is 16.9. The number of sulfonamides is 1. The summed E-state index contributed by atoms with van der Waals surface area (Å²) >= 11 is 0. The summed E-state index contributed by atoms with van der Waals surface area (Å²) < 4.78 is 26.8. The molecule has 1 rings (SSSR count). The molecule has 0 saturated heterocycles. The van der Waals surface area contributed by atoms with Gasteiger partial charge < -0.3 is 10.8 Å². The van der Waals surface area contributed by atoms with Crippen molar-refractivity contribution in [2.75, 3.05) is 18.9 Å². The Labute approximate surface area is 121 Å². The number of hydrogen-bond acceptors (Lipinski definition) is 4. The first-order valence-electron chi connectivity index (χ1n) is 6.71. The minimum absolute atomic E-state index is 0.0405. The number of aliphatic hydroxyl groups is 1. The van der Waals surface area contributed by atoms with Crippen LogP contribution in [0, 0.1) is 13.8 Å². The summed E-state index contributed by atoms with van der Waals surface area (Å²) in [6.07, 6.45) is 0.405. The van der Waals surface area contributed by atoms with Gasteiger partial charge in [-0.25, -0.2) is 8.42 Å². The van der Waals surface area contributed by atoms with Gasteiger partial charge in [0, 0.05) is 19.2 Å². The minimum Gasteiger partial charge on any atom is -0.398 e. The molecule has 0 bridgehead atoms. The van der Waals surface area contributed by atoms with Gasteiger partial charge in [-0.1, -0.05) is 0 Å². The molecule has 1 aromatic carbocycles. The highest BCUT2D eigenvalue weighted by Gasteiger charge is 2.28. The molecule has 0 unspecified atom stereocenters. The molecule has 0 atom stereocenters. The molecule has 6 heteroatoms. The zero-order valence-electron chi connectivity index (χ0n) is 12.5. The average Bonchev–Trinajstić information content (AvgIpc) is 2.33. The molecule has 0 amide bonds. The van der Waals surface area contributed by atoms with E-state index in [1.807, 2.05) is 27.7 Å². The van der Waals surface area contributed by atoms with E-state index < -0.39 is 10.0 Å². The van der Waals surface area contributed by atoms with Gasteiger partial charge in [0.15, 0.2) is 0 Å². The van der Waals surface area contributed by atoms with E-state index >= 15 is 0 Å². The Balaban J connectivity index is 3.29. The lowest BCUT2D eigenvalue weighted by Crippen LogP contribution is -2.38. The second kappa shape index (κ2) is 6.56. The molecule has 0 spiro atoms. The summed E-state index contributed by atoms with van der Waals surface area (Å²) in [5, 5.41) is 8.92. The topological polar surface area (TPSA) is 83.6 Å². The van der Waals surface area contributed by atoms with Gasteiger partial charge in [0.1, 0.15) is 4.90 Å². The summed E-state index contributed by atoms with van der Waals surface area (Å²) in [4.78, 5) is 0.146. The number of nitrogens with two attached hydrogens (primary N) is 1. The Kier molecular flexibility index (Phi) is 5.56. The Morgan fingerprint density at radius 2 is 1.80 bits per heavy atom. The molecule has 0 radical (unpaired) electrons. The van der Waals surface area contributed by atoms with Crippen molar-refractivity contribution in [3.8, 4) is 0 Å². The highest BCUT2D eigenvalue weighted by atomic mass is 32.2. The standard InChI is InChI=1S/C14H24N2O3S/c1-10(2)16(6-5-7-17)20(18,19)14-9-12(4)11(3)8-13(14)15/h8-10,17H,5-7,15H2,1-4H3. The summed E-state index contributed by atoms with van der Waals surface area (Å²) in [5.74, 6) is 0. The van der Waals surface area contributed by atoms with Crippen molar-refractivity contribution >= 4 is 15.7 Å². The molecule has 1 aromatic rings. The molecule has 0 aliphatic heterocycles. The Morgan fingerprint density at radius 3 is 2.30 bits per heavy atom. The third-order valence-corrected chi connectivity index (χ3v) is 5.46. The van der Waals surface area contributed by atoms with Crippen LogP contribution in [0.2, 0.25) is 0 Å². The summed E-state index contributed by atoms with van der Waals surface area (Å²) in [7, 11) is -3.65. The molecule has 0 aromatic heterocycles. The summed E-state index contributed by atoms with van der Waals surface area (Å²) in [6, 6.07) is 3.12. The van der Waals surface area contributed by atoms with Gasteiger partial charge in [0.25, 0.3) is 0 Å². The predicted molar refractivity (Wildman–Crippen MR) is 81.1 cm³/mol. The molecule has 5 nitrogen and oxygen atoms in total. The Morgan fingerprint density at radius 1 is 1.25 bits per heavy atom. The molecule has 0 aliphatic carbocycles. The molecule has 0 saturated carbocycles. The van der Waals surface area contributed by atoms with E-state index in [0.29, 0.717) is 6.42 Å². The van der Waals surface area contributed by atoms with Gasteiger partial charge in [-0.3, -0.25) is 0 Å². The molecule has 0 fully saturated rings. The fourth-order valence-electron chi connectivity index (χ4n) is 2.04. The number of nitrogens with zero attached hydrogens (tertiary/aromatic N) is 1. The minimum atomic E-state index is -3.65. The van der Waals surface area contributed by atoms with Gasteiger partial charge in [0.05, 0.1) is 5.69 Å². The van der Waals surface area contributed by atoms with Gasteiger partial charge >= 0.3 is 0 Å². The lowest BCUT2D eigenvalue weighted by Gasteiger charge is -2.26. The number of rotatable bonds is 6. The van der Waals surface area contributed by atoms with Gasteiger partial charge in [-0.05, 0) is 57.4 Å². The maximum absolute atomic E-state index is 12.7. The fraction of sp³-hybridized carbons (Fsp3) is 0.571. The molecule has 3 N–H and O–H groups in total. The maximum Gasteiger partial charge on any atom is 0.245 e. The third-order valence-electron chi connectivity index (χ3n) is 3.33. The Hall–Kier alpha value is -1.11. The van der Waals surface area contributed by atoms with Crippen molar-refractivity contribution in [3.63, 3.8) is 0 Å². The lowest BCUT2D eigenvalue weighted by molar-refractivity contribution is 0.258. The normalized spacial score (nSPS) is 12.3. The Bertz CT molecular complexity index is 568. The van der Waals surface area contributed by atoms with Crippen LogP contribution in [-0.2, 0) is 10.0 Å². The predicted octanol–water partition coefficient (Wildman–Crippen LogP) is 1.67. The average molecular weight is 300 g/mol. The number of anilines is 1. The highest BCUT2D eigenvalue weighted by Crippen LogP contribution is 2.27. The van der Waals surface area contributed by atoms with E-state index in [0.717, 1.165) is 11.1 Å². The van der Waals surface area contributed by atoms with E-state index in [1.54, 1.807) is 12.1 Å². The van der Waals surface area contributed by atoms with Gasteiger partial charge in [0.2, 0.25) is 10.0 Å².